The summed E-state index contributed by atoms with van der Waals surface area (Å²) in [5, 5.41) is 24.8. The maximum absolute atomic E-state index is 8.70. The van der Waals surface area contributed by atoms with E-state index in [1.54, 1.807) is 20.8 Å². The van der Waals surface area contributed by atoms with E-state index in [2.05, 4.69) is 16.8 Å². The van der Waals surface area contributed by atoms with Gasteiger partial charge in [0.15, 0.2) is 11.1 Å². The first-order valence-electron chi connectivity index (χ1n) is 3.79. The van der Waals surface area contributed by atoms with Crippen molar-refractivity contribution in [1.29, 1.82) is 10.5 Å². The molecule has 0 aliphatic rings. The summed E-state index contributed by atoms with van der Waals surface area (Å²) in [7, 11) is 0. The third-order valence-corrected chi connectivity index (χ3v) is 1.41. The summed E-state index contributed by atoms with van der Waals surface area (Å²) >= 11 is 0. The highest BCUT2D eigenvalue weighted by molar-refractivity contribution is 5.15. The zero-order valence-electron chi connectivity index (χ0n) is 8.07. The number of hydrogen-bond donors (Lipinski definition) is 0. The fraction of sp³-hybridized carbons (Fsp3) is 0.556. The summed E-state index contributed by atoms with van der Waals surface area (Å²) in [6, 6.07) is 3.89. The number of nitrogens with zero attached hydrogens (tertiary/aromatic N) is 4. The van der Waals surface area contributed by atoms with E-state index in [4.69, 9.17) is 10.5 Å². The highest BCUT2D eigenvalue weighted by atomic mass is 15.2. The number of rotatable bonds is 3. The van der Waals surface area contributed by atoms with Gasteiger partial charge in [-0.05, 0) is 26.8 Å². The molecule has 0 saturated carbocycles. The summed E-state index contributed by atoms with van der Waals surface area (Å²) in [6.45, 7) is 8.30. The van der Waals surface area contributed by atoms with Crippen molar-refractivity contribution in [2.24, 2.45) is 10.2 Å². The lowest BCUT2D eigenvalue weighted by Crippen LogP contribution is -2.18. The van der Waals surface area contributed by atoms with Gasteiger partial charge in [-0.1, -0.05) is 6.58 Å². The monoisotopic (exact) mass is 176 g/mol. The highest BCUT2D eigenvalue weighted by Crippen LogP contribution is 2.15. The van der Waals surface area contributed by atoms with E-state index in [1.165, 1.54) is 6.08 Å². The van der Waals surface area contributed by atoms with Crippen LogP contribution in [0.15, 0.2) is 22.9 Å². The van der Waals surface area contributed by atoms with E-state index < -0.39 is 11.1 Å². The van der Waals surface area contributed by atoms with Crippen LogP contribution < -0.4 is 0 Å². The number of azo groups is 1. The van der Waals surface area contributed by atoms with Crippen LogP contribution in [0.2, 0.25) is 0 Å². The van der Waals surface area contributed by atoms with Crippen molar-refractivity contribution in [3.8, 4) is 12.1 Å². The van der Waals surface area contributed by atoms with Crippen LogP contribution in [-0.4, -0.2) is 11.1 Å². The molecule has 0 rings (SSSR count). The molecule has 0 aliphatic heterocycles. The molecule has 0 aliphatic carbocycles. The van der Waals surface area contributed by atoms with Crippen LogP contribution in [0.1, 0.15) is 20.8 Å². The fourth-order valence-corrected chi connectivity index (χ4v) is 0.360. The Kier molecular flexibility index (Phi) is 3.33. The van der Waals surface area contributed by atoms with Gasteiger partial charge < -0.3 is 0 Å². The van der Waals surface area contributed by atoms with E-state index in [1.807, 2.05) is 12.1 Å². The van der Waals surface area contributed by atoms with Crippen LogP contribution in [0.25, 0.3) is 0 Å². The summed E-state index contributed by atoms with van der Waals surface area (Å²) in [6.07, 6.45) is 1.39. The van der Waals surface area contributed by atoms with Gasteiger partial charge in [0.05, 0.1) is 12.1 Å². The Bertz CT molecular complexity index is 303. The Morgan fingerprint density at radius 3 is 2.00 bits per heavy atom. The summed E-state index contributed by atoms with van der Waals surface area (Å²) in [5.41, 5.74) is -1.92. The van der Waals surface area contributed by atoms with E-state index in [9.17, 15) is 0 Å². The van der Waals surface area contributed by atoms with E-state index in [-0.39, 0.29) is 0 Å². The Morgan fingerprint density at radius 1 is 1.15 bits per heavy atom. The molecule has 0 bridgehead atoms. The predicted octanol–water partition coefficient (Wildman–Crippen LogP) is 2.21. The number of hydrogen-bond acceptors (Lipinski definition) is 4. The predicted molar refractivity (Wildman–Crippen MR) is 48.8 cm³/mol. The quantitative estimate of drug-likeness (QED) is 0.488. The van der Waals surface area contributed by atoms with E-state index in [0.29, 0.717) is 0 Å². The molecule has 0 spiro atoms. The lowest BCUT2D eigenvalue weighted by Gasteiger charge is -2.12. The van der Waals surface area contributed by atoms with Crippen molar-refractivity contribution in [2.75, 3.05) is 0 Å². The largest absolute Gasteiger partial charge is 0.196 e. The molecule has 0 fully saturated rings. The maximum atomic E-state index is 8.70. The minimum absolute atomic E-state index is 0.888. The minimum Gasteiger partial charge on any atom is -0.196 e. The normalized spacial score (nSPS) is 15.8. The molecule has 1 unspecified atom stereocenters. The molecule has 0 aromatic carbocycles. The summed E-state index contributed by atoms with van der Waals surface area (Å²) in [4.78, 5) is 0. The first-order valence-corrected chi connectivity index (χ1v) is 3.79. The zero-order chi connectivity index (χ0) is 10.5. The topological polar surface area (TPSA) is 72.3 Å². The smallest absolute Gasteiger partial charge is 0.182 e. The van der Waals surface area contributed by atoms with Gasteiger partial charge in [0.25, 0.3) is 0 Å². The molecule has 0 saturated heterocycles. The Balaban J connectivity index is 4.74. The van der Waals surface area contributed by atoms with Gasteiger partial charge in [-0.25, -0.2) is 0 Å². The molecular formula is C9H12N4. The Hall–Kier alpha value is -1.68. The molecule has 0 heterocycles. The van der Waals surface area contributed by atoms with Crippen LogP contribution in [-0.2, 0) is 0 Å². The second-order valence-electron chi connectivity index (χ2n) is 3.33. The molecule has 1 atom stereocenters. The van der Waals surface area contributed by atoms with Crippen LogP contribution in [0.5, 0.6) is 0 Å². The molecule has 0 aromatic rings. The average Bonchev–Trinajstić information content (AvgIpc) is 2.14. The molecule has 68 valence electrons. The van der Waals surface area contributed by atoms with Crippen LogP contribution in [0.3, 0.4) is 0 Å². The van der Waals surface area contributed by atoms with E-state index in [0.717, 1.165) is 0 Å². The van der Waals surface area contributed by atoms with Crippen molar-refractivity contribution >= 4 is 0 Å². The van der Waals surface area contributed by atoms with Gasteiger partial charge in [-0.15, -0.1) is 0 Å². The SMILES string of the molecule is C=CC(C)(C#N)N=NC(C)(C)C#N. The molecule has 0 radical (unpaired) electrons. The fourth-order valence-electron chi connectivity index (χ4n) is 0.360. The second kappa shape index (κ2) is 3.82. The van der Waals surface area contributed by atoms with Crippen molar-refractivity contribution in [3.63, 3.8) is 0 Å². The Morgan fingerprint density at radius 2 is 1.69 bits per heavy atom. The van der Waals surface area contributed by atoms with Gasteiger partial charge in [-0.3, -0.25) is 0 Å². The third-order valence-electron chi connectivity index (χ3n) is 1.41. The molecule has 13 heavy (non-hydrogen) atoms. The van der Waals surface area contributed by atoms with E-state index >= 15 is 0 Å². The van der Waals surface area contributed by atoms with Crippen LogP contribution >= 0.6 is 0 Å². The first kappa shape index (κ1) is 11.3. The summed E-state index contributed by atoms with van der Waals surface area (Å²) < 4.78 is 0. The minimum atomic E-state index is -1.03. The van der Waals surface area contributed by atoms with Gasteiger partial charge in [0.1, 0.15) is 0 Å². The van der Waals surface area contributed by atoms with Gasteiger partial charge >= 0.3 is 0 Å². The lowest BCUT2D eigenvalue weighted by molar-refractivity contribution is 0.568. The molecule has 0 N–H and O–H groups in total. The Labute approximate surface area is 78.2 Å². The van der Waals surface area contributed by atoms with Gasteiger partial charge in [-0.2, -0.15) is 20.8 Å². The van der Waals surface area contributed by atoms with Crippen molar-refractivity contribution < 1.29 is 0 Å². The van der Waals surface area contributed by atoms with Crippen LogP contribution in [0, 0.1) is 22.7 Å². The van der Waals surface area contributed by atoms with Crippen molar-refractivity contribution in [1.82, 2.24) is 0 Å². The lowest BCUT2D eigenvalue weighted by atomic mass is 10.1. The highest BCUT2D eigenvalue weighted by Gasteiger charge is 2.21. The second-order valence-corrected chi connectivity index (χ2v) is 3.33. The van der Waals surface area contributed by atoms with Crippen molar-refractivity contribution in [2.45, 2.75) is 31.8 Å². The maximum Gasteiger partial charge on any atom is 0.182 e. The molecule has 0 aromatic heterocycles. The van der Waals surface area contributed by atoms with Gasteiger partial charge in [0.2, 0.25) is 0 Å². The van der Waals surface area contributed by atoms with Crippen molar-refractivity contribution in [3.05, 3.63) is 12.7 Å². The number of nitriles is 2. The molecular weight excluding hydrogens is 164 g/mol. The molecule has 4 heteroatoms. The average molecular weight is 176 g/mol. The first-order chi connectivity index (χ1) is 5.89. The van der Waals surface area contributed by atoms with Gasteiger partial charge in [0, 0.05) is 0 Å². The zero-order valence-corrected chi connectivity index (χ0v) is 8.07. The molecule has 4 nitrogen and oxygen atoms in total. The third kappa shape index (κ3) is 3.48. The van der Waals surface area contributed by atoms with Crippen LogP contribution in [0.4, 0.5) is 0 Å². The molecule has 0 amide bonds. The summed E-state index contributed by atoms with van der Waals surface area (Å²) in [5.74, 6) is 0. The standard InChI is InChI=1S/C9H12N4/c1-5-9(4,7-11)13-12-8(2,3)6-10/h5H,1H2,2-4H3.